The summed E-state index contributed by atoms with van der Waals surface area (Å²) in [5.41, 5.74) is 0.977. The van der Waals surface area contributed by atoms with E-state index in [2.05, 4.69) is 30.4 Å². The average molecular weight is 578 g/mol. The lowest BCUT2D eigenvalue weighted by atomic mass is 9.95. The number of aliphatic hydroxyl groups is 1. The van der Waals surface area contributed by atoms with Crippen molar-refractivity contribution in [2.75, 3.05) is 25.2 Å². The number of hydrogen-bond donors (Lipinski definition) is 1. The number of rotatable bonds is 11. The third kappa shape index (κ3) is 6.14. The zero-order valence-corrected chi connectivity index (χ0v) is 24.1. The topological polar surface area (TPSA) is 128 Å². The molecule has 0 radical (unpaired) electrons. The van der Waals surface area contributed by atoms with Crippen LogP contribution < -0.4 is 14.4 Å². The van der Waals surface area contributed by atoms with Gasteiger partial charge in [-0.3, -0.25) is 19.5 Å². The summed E-state index contributed by atoms with van der Waals surface area (Å²) >= 11 is 0.919. The molecule has 1 unspecified atom stereocenters. The number of Topliss-reactive ketones (excluding diaryl/α,β-unsaturated/α-hetero) is 1. The molecule has 214 valence electrons. The summed E-state index contributed by atoms with van der Waals surface area (Å²) in [6.45, 7) is 9.84. The van der Waals surface area contributed by atoms with Gasteiger partial charge in [0.25, 0.3) is 5.78 Å². The molecule has 1 saturated heterocycles. The molecular weight excluding hydrogens is 546 g/mol. The highest BCUT2D eigenvalue weighted by Gasteiger charge is 2.48. The van der Waals surface area contributed by atoms with Gasteiger partial charge in [0, 0.05) is 18.0 Å². The van der Waals surface area contributed by atoms with Gasteiger partial charge in [-0.05, 0) is 49.1 Å². The standard InChI is InChI=1S/C30H31N3O7S/c1-6-14-40-29(37)27-18(4)32-30(41-27)33-24(20-7-8-21(22(16-20)38-5)39-15-11-17(2)3)23(26(35)28(33)36)25(34)19-9-12-31-13-10-19/h6-10,12-13,16-17,24,34H,1,11,14-15H2,2-5H3/b25-23+. The van der Waals surface area contributed by atoms with Gasteiger partial charge in [-0.2, -0.15) is 0 Å². The van der Waals surface area contributed by atoms with E-state index in [1.54, 1.807) is 25.1 Å². The van der Waals surface area contributed by atoms with E-state index in [1.165, 1.54) is 42.6 Å². The number of ether oxygens (including phenoxy) is 3. The minimum atomic E-state index is -1.08. The number of hydrogen-bond acceptors (Lipinski definition) is 10. The minimum absolute atomic E-state index is 0.00728. The Morgan fingerprint density at radius 3 is 2.59 bits per heavy atom. The fourth-order valence-electron chi connectivity index (χ4n) is 4.26. The van der Waals surface area contributed by atoms with Crippen molar-refractivity contribution in [1.29, 1.82) is 0 Å². The molecular formula is C30H31N3O7S. The van der Waals surface area contributed by atoms with Crippen LogP contribution in [0.4, 0.5) is 5.13 Å². The van der Waals surface area contributed by atoms with E-state index in [0.717, 1.165) is 17.8 Å². The molecule has 3 aromatic rings. The van der Waals surface area contributed by atoms with Gasteiger partial charge < -0.3 is 19.3 Å². The average Bonchev–Trinajstić information content (AvgIpc) is 3.48. The van der Waals surface area contributed by atoms with Crippen molar-refractivity contribution in [3.8, 4) is 11.5 Å². The molecule has 2 aromatic heterocycles. The number of methoxy groups -OCH3 is 1. The van der Waals surface area contributed by atoms with Gasteiger partial charge in [-0.25, -0.2) is 9.78 Å². The largest absolute Gasteiger partial charge is 0.507 e. The van der Waals surface area contributed by atoms with E-state index in [1.807, 2.05) is 0 Å². The van der Waals surface area contributed by atoms with Crippen molar-refractivity contribution in [3.05, 3.63) is 82.7 Å². The summed E-state index contributed by atoms with van der Waals surface area (Å²) in [7, 11) is 1.49. The lowest BCUT2D eigenvalue weighted by Crippen LogP contribution is -2.29. The summed E-state index contributed by atoms with van der Waals surface area (Å²) < 4.78 is 16.7. The van der Waals surface area contributed by atoms with Crippen LogP contribution in [0.2, 0.25) is 0 Å². The number of thiazole rings is 1. The summed E-state index contributed by atoms with van der Waals surface area (Å²) in [4.78, 5) is 49.4. The molecule has 11 heteroatoms. The lowest BCUT2D eigenvalue weighted by Gasteiger charge is -2.24. The van der Waals surface area contributed by atoms with Crippen LogP contribution in [-0.4, -0.2) is 53.1 Å². The van der Waals surface area contributed by atoms with E-state index in [9.17, 15) is 19.5 Å². The number of aromatic nitrogens is 2. The van der Waals surface area contributed by atoms with Gasteiger partial charge in [0.1, 0.15) is 17.2 Å². The van der Waals surface area contributed by atoms with Crippen molar-refractivity contribution in [2.24, 2.45) is 5.92 Å². The molecule has 1 fully saturated rings. The summed E-state index contributed by atoms with van der Waals surface area (Å²) in [6.07, 6.45) is 5.23. The number of anilines is 1. The van der Waals surface area contributed by atoms with Crippen molar-refractivity contribution in [1.82, 2.24) is 9.97 Å². The van der Waals surface area contributed by atoms with E-state index in [-0.39, 0.29) is 27.9 Å². The van der Waals surface area contributed by atoms with E-state index in [4.69, 9.17) is 14.2 Å². The highest BCUT2D eigenvalue weighted by atomic mass is 32.1. The monoisotopic (exact) mass is 577 g/mol. The number of ketones is 1. The number of pyridine rings is 1. The maximum Gasteiger partial charge on any atom is 0.350 e. The zero-order chi connectivity index (χ0) is 29.7. The lowest BCUT2D eigenvalue weighted by molar-refractivity contribution is -0.132. The van der Waals surface area contributed by atoms with Crippen LogP contribution in [0.5, 0.6) is 11.5 Å². The van der Waals surface area contributed by atoms with E-state index >= 15 is 0 Å². The molecule has 1 aliphatic rings. The normalized spacial score (nSPS) is 16.2. The fourth-order valence-corrected chi connectivity index (χ4v) is 5.25. The Labute approximate surface area is 241 Å². The Hall–Kier alpha value is -4.51. The summed E-state index contributed by atoms with van der Waals surface area (Å²) in [5.74, 6) is -1.45. The predicted molar refractivity (Wildman–Crippen MR) is 154 cm³/mol. The zero-order valence-electron chi connectivity index (χ0n) is 23.2. The molecule has 1 amide bonds. The molecule has 1 aliphatic heterocycles. The van der Waals surface area contributed by atoms with Crippen LogP contribution in [0.15, 0.2) is 61.0 Å². The third-order valence-corrected chi connectivity index (χ3v) is 7.50. The Morgan fingerprint density at radius 1 is 1.20 bits per heavy atom. The molecule has 41 heavy (non-hydrogen) atoms. The molecule has 3 heterocycles. The van der Waals surface area contributed by atoms with Crippen LogP contribution in [-0.2, 0) is 14.3 Å². The number of carbonyl (C=O) groups excluding carboxylic acids is 3. The fraction of sp³-hybridized carbons (Fsp3) is 0.300. The molecule has 0 spiro atoms. The van der Waals surface area contributed by atoms with Gasteiger partial charge >= 0.3 is 11.9 Å². The molecule has 1 aromatic carbocycles. The van der Waals surface area contributed by atoms with E-state index < -0.39 is 23.7 Å². The Kier molecular flexibility index (Phi) is 9.18. The van der Waals surface area contributed by atoms with Crippen molar-refractivity contribution >= 4 is 39.9 Å². The molecule has 0 aliphatic carbocycles. The number of amides is 1. The maximum atomic E-state index is 13.5. The highest BCUT2D eigenvalue weighted by molar-refractivity contribution is 7.17. The molecule has 1 atom stereocenters. The first-order valence-electron chi connectivity index (χ1n) is 13.0. The van der Waals surface area contributed by atoms with Crippen LogP contribution in [0, 0.1) is 12.8 Å². The van der Waals surface area contributed by atoms with Crippen LogP contribution >= 0.6 is 11.3 Å². The van der Waals surface area contributed by atoms with E-state index in [0.29, 0.717) is 40.8 Å². The van der Waals surface area contributed by atoms with Crippen molar-refractivity contribution < 1.29 is 33.7 Å². The molecule has 0 saturated carbocycles. The van der Waals surface area contributed by atoms with Gasteiger partial charge in [0.15, 0.2) is 16.6 Å². The summed E-state index contributed by atoms with van der Waals surface area (Å²) in [5, 5.41) is 11.4. The first-order valence-corrected chi connectivity index (χ1v) is 13.8. The quantitative estimate of drug-likeness (QED) is 0.107. The second kappa shape index (κ2) is 12.8. The van der Waals surface area contributed by atoms with Crippen LogP contribution in [0.1, 0.15) is 52.8 Å². The number of esters is 1. The number of carbonyl (C=O) groups is 3. The van der Waals surface area contributed by atoms with Crippen molar-refractivity contribution in [2.45, 2.75) is 33.2 Å². The Bertz CT molecular complexity index is 1500. The SMILES string of the molecule is C=CCOC(=O)c1sc(N2C(=O)C(=O)/C(=C(/O)c3ccncc3)C2c2ccc(OCCC(C)C)c(OC)c2)nc1C. The Morgan fingerprint density at radius 2 is 1.93 bits per heavy atom. The van der Waals surface area contributed by atoms with Gasteiger partial charge in [-0.1, -0.05) is 43.9 Å². The first kappa shape index (κ1) is 29.5. The second-order valence-electron chi connectivity index (χ2n) is 9.64. The van der Waals surface area contributed by atoms with Crippen LogP contribution in [0.3, 0.4) is 0 Å². The minimum Gasteiger partial charge on any atom is -0.507 e. The number of benzene rings is 1. The second-order valence-corrected chi connectivity index (χ2v) is 10.6. The number of aliphatic hydroxyl groups excluding tert-OH is 1. The maximum absolute atomic E-state index is 13.5. The van der Waals surface area contributed by atoms with Gasteiger partial charge in [-0.15, -0.1) is 0 Å². The Balaban J connectivity index is 1.85. The highest BCUT2D eigenvalue weighted by Crippen LogP contribution is 2.45. The van der Waals surface area contributed by atoms with Crippen LogP contribution in [0.25, 0.3) is 5.76 Å². The summed E-state index contributed by atoms with van der Waals surface area (Å²) in [6, 6.07) is 7.06. The first-order chi connectivity index (χ1) is 19.7. The number of aryl methyl sites for hydroxylation is 1. The molecule has 1 N–H and O–H groups in total. The van der Waals surface area contributed by atoms with Crippen molar-refractivity contribution in [3.63, 3.8) is 0 Å². The van der Waals surface area contributed by atoms with Gasteiger partial charge in [0.05, 0.1) is 31.0 Å². The third-order valence-electron chi connectivity index (χ3n) is 6.36. The van der Waals surface area contributed by atoms with Gasteiger partial charge in [0.2, 0.25) is 0 Å². The smallest absolute Gasteiger partial charge is 0.350 e. The molecule has 0 bridgehead atoms. The number of nitrogens with zero attached hydrogens (tertiary/aromatic N) is 3. The molecule has 10 nitrogen and oxygen atoms in total. The predicted octanol–water partition coefficient (Wildman–Crippen LogP) is 5.25. The molecule has 4 rings (SSSR count).